The molecule has 0 bridgehead atoms. The maximum Gasteiger partial charge on any atom is 0.248 e. The van der Waals surface area contributed by atoms with E-state index in [1.807, 2.05) is 20.8 Å². The molecule has 92 valence electrons. The van der Waals surface area contributed by atoms with Crippen molar-refractivity contribution in [2.75, 3.05) is 0 Å². The maximum atomic E-state index is 13.5. The molecule has 2 unspecified atom stereocenters. The first-order chi connectivity index (χ1) is 6.91. The van der Waals surface area contributed by atoms with Crippen molar-refractivity contribution >= 4 is 0 Å². The molecule has 2 heteroatoms. The van der Waals surface area contributed by atoms with Crippen LogP contribution in [0.15, 0.2) is 0 Å². The lowest BCUT2D eigenvalue weighted by Gasteiger charge is -2.23. The van der Waals surface area contributed by atoms with Gasteiger partial charge in [0.1, 0.15) is 0 Å². The van der Waals surface area contributed by atoms with Gasteiger partial charge in [0, 0.05) is 12.8 Å². The highest BCUT2D eigenvalue weighted by Crippen LogP contribution is 2.32. The molecular formula is C13H26F2. The van der Waals surface area contributed by atoms with Crippen LogP contribution in [0.25, 0.3) is 0 Å². The number of unbranched alkanes of at least 4 members (excludes halogenated alkanes) is 1. The number of hydrogen-bond acceptors (Lipinski definition) is 0. The molecule has 15 heavy (non-hydrogen) atoms. The van der Waals surface area contributed by atoms with Gasteiger partial charge in [-0.05, 0) is 11.8 Å². The monoisotopic (exact) mass is 220 g/mol. The SMILES string of the molecule is CCCCC(C)CC(F)(F)CC(C)CC. The van der Waals surface area contributed by atoms with Gasteiger partial charge in [0.25, 0.3) is 0 Å². The van der Waals surface area contributed by atoms with Crippen LogP contribution in [0, 0.1) is 11.8 Å². The Morgan fingerprint density at radius 1 is 1.00 bits per heavy atom. The molecule has 0 N–H and O–H groups in total. The molecule has 0 aliphatic rings. The molecule has 0 rings (SSSR count). The Kier molecular flexibility index (Phi) is 7.12. The molecule has 2 atom stereocenters. The normalized spacial score (nSPS) is 16.4. The molecule has 0 saturated heterocycles. The summed E-state index contributed by atoms with van der Waals surface area (Å²) in [7, 11) is 0. The van der Waals surface area contributed by atoms with Gasteiger partial charge in [-0.1, -0.05) is 53.4 Å². The second-order valence-electron chi connectivity index (χ2n) is 5.03. The van der Waals surface area contributed by atoms with Gasteiger partial charge in [0.05, 0.1) is 0 Å². The number of alkyl halides is 2. The van der Waals surface area contributed by atoms with Crippen molar-refractivity contribution in [3.8, 4) is 0 Å². The fraction of sp³-hybridized carbons (Fsp3) is 1.00. The lowest BCUT2D eigenvalue weighted by atomic mass is 9.91. The van der Waals surface area contributed by atoms with Crippen LogP contribution in [0.5, 0.6) is 0 Å². The Hall–Kier alpha value is -0.140. The number of hydrogen-bond donors (Lipinski definition) is 0. The smallest absolute Gasteiger partial charge is 0.207 e. The topological polar surface area (TPSA) is 0 Å². The lowest BCUT2D eigenvalue weighted by Crippen LogP contribution is -2.22. The summed E-state index contributed by atoms with van der Waals surface area (Å²) in [5, 5.41) is 0. The van der Waals surface area contributed by atoms with Crippen LogP contribution < -0.4 is 0 Å². The van der Waals surface area contributed by atoms with Gasteiger partial charge in [-0.15, -0.1) is 0 Å². The summed E-state index contributed by atoms with van der Waals surface area (Å²) in [4.78, 5) is 0. The van der Waals surface area contributed by atoms with E-state index < -0.39 is 5.92 Å². The molecule has 0 saturated carbocycles. The Balaban J connectivity index is 3.89. The highest BCUT2D eigenvalue weighted by atomic mass is 19.3. The predicted molar refractivity (Wildman–Crippen MR) is 62.3 cm³/mol. The van der Waals surface area contributed by atoms with Crippen molar-refractivity contribution in [1.29, 1.82) is 0 Å². The largest absolute Gasteiger partial charge is 0.248 e. The zero-order chi connectivity index (χ0) is 11.9. The molecule has 0 aliphatic carbocycles. The first-order valence-electron chi connectivity index (χ1n) is 6.29. The van der Waals surface area contributed by atoms with E-state index in [1.54, 1.807) is 0 Å². The van der Waals surface area contributed by atoms with Gasteiger partial charge in [0.2, 0.25) is 5.92 Å². The van der Waals surface area contributed by atoms with Crippen molar-refractivity contribution < 1.29 is 8.78 Å². The summed E-state index contributed by atoms with van der Waals surface area (Å²) in [6, 6.07) is 0. The van der Waals surface area contributed by atoms with Crippen LogP contribution in [0.3, 0.4) is 0 Å². The fourth-order valence-electron chi connectivity index (χ4n) is 1.90. The van der Waals surface area contributed by atoms with Crippen LogP contribution in [0.4, 0.5) is 8.78 Å². The van der Waals surface area contributed by atoms with Crippen LogP contribution >= 0.6 is 0 Å². The molecule has 0 radical (unpaired) electrons. The molecule has 0 nitrogen and oxygen atoms in total. The van der Waals surface area contributed by atoms with Crippen molar-refractivity contribution in [2.24, 2.45) is 11.8 Å². The first-order valence-corrected chi connectivity index (χ1v) is 6.29. The highest BCUT2D eigenvalue weighted by Gasteiger charge is 2.32. The third kappa shape index (κ3) is 7.75. The van der Waals surface area contributed by atoms with Crippen LogP contribution in [-0.4, -0.2) is 5.92 Å². The standard InChI is InChI=1S/C13H26F2/c1-5-7-8-12(4)10-13(14,15)9-11(3)6-2/h11-12H,5-10H2,1-4H3. The van der Waals surface area contributed by atoms with Crippen molar-refractivity contribution in [3.63, 3.8) is 0 Å². The Morgan fingerprint density at radius 2 is 1.53 bits per heavy atom. The van der Waals surface area contributed by atoms with E-state index in [9.17, 15) is 8.78 Å². The average molecular weight is 220 g/mol. The van der Waals surface area contributed by atoms with E-state index in [0.29, 0.717) is 0 Å². The van der Waals surface area contributed by atoms with E-state index in [-0.39, 0.29) is 24.7 Å². The quantitative estimate of drug-likeness (QED) is 0.522. The highest BCUT2D eigenvalue weighted by molar-refractivity contribution is 4.72. The summed E-state index contributed by atoms with van der Waals surface area (Å²) in [6.07, 6.45) is 4.07. The van der Waals surface area contributed by atoms with Crippen LogP contribution in [0.1, 0.15) is 66.2 Å². The predicted octanol–water partition coefficient (Wildman–Crippen LogP) is 5.27. The zero-order valence-electron chi connectivity index (χ0n) is 10.7. The lowest BCUT2D eigenvalue weighted by molar-refractivity contribution is -0.0421. The minimum absolute atomic E-state index is 0.0555. The summed E-state index contributed by atoms with van der Waals surface area (Å²) < 4.78 is 27.1. The average Bonchev–Trinajstić information content (AvgIpc) is 2.12. The summed E-state index contributed by atoms with van der Waals surface area (Å²) in [5.41, 5.74) is 0. The molecule has 0 aliphatic heterocycles. The van der Waals surface area contributed by atoms with Crippen LogP contribution in [-0.2, 0) is 0 Å². The van der Waals surface area contributed by atoms with E-state index in [4.69, 9.17) is 0 Å². The van der Waals surface area contributed by atoms with Crippen LogP contribution in [0.2, 0.25) is 0 Å². The van der Waals surface area contributed by atoms with Gasteiger partial charge < -0.3 is 0 Å². The minimum atomic E-state index is -2.46. The first kappa shape index (κ1) is 14.9. The van der Waals surface area contributed by atoms with E-state index in [1.165, 1.54) is 0 Å². The summed E-state index contributed by atoms with van der Waals surface area (Å²) in [6.45, 7) is 7.93. The molecule has 0 aromatic heterocycles. The molecular weight excluding hydrogens is 194 g/mol. The second-order valence-corrected chi connectivity index (χ2v) is 5.03. The van der Waals surface area contributed by atoms with E-state index in [2.05, 4.69) is 6.92 Å². The Labute approximate surface area is 93.4 Å². The summed E-state index contributed by atoms with van der Waals surface area (Å²) >= 11 is 0. The Bertz CT molecular complexity index is 155. The minimum Gasteiger partial charge on any atom is -0.207 e. The third-order valence-corrected chi connectivity index (χ3v) is 3.04. The molecule has 0 spiro atoms. The van der Waals surface area contributed by atoms with Gasteiger partial charge in [0.15, 0.2) is 0 Å². The maximum absolute atomic E-state index is 13.5. The fourth-order valence-corrected chi connectivity index (χ4v) is 1.90. The van der Waals surface area contributed by atoms with E-state index >= 15 is 0 Å². The molecule has 0 fully saturated rings. The molecule has 0 aromatic carbocycles. The number of rotatable bonds is 8. The molecule has 0 aromatic rings. The second kappa shape index (κ2) is 7.19. The zero-order valence-corrected chi connectivity index (χ0v) is 10.7. The Morgan fingerprint density at radius 3 is 2.00 bits per heavy atom. The van der Waals surface area contributed by atoms with Crippen molar-refractivity contribution in [1.82, 2.24) is 0 Å². The molecule has 0 heterocycles. The van der Waals surface area contributed by atoms with Gasteiger partial charge in [-0.2, -0.15) is 0 Å². The molecule has 0 amide bonds. The summed E-state index contributed by atoms with van der Waals surface area (Å²) in [5.74, 6) is -2.16. The van der Waals surface area contributed by atoms with Crippen molar-refractivity contribution in [3.05, 3.63) is 0 Å². The van der Waals surface area contributed by atoms with Gasteiger partial charge in [-0.25, -0.2) is 8.78 Å². The van der Waals surface area contributed by atoms with Gasteiger partial charge >= 0.3 is 0 Å². The van der Waals surface area contributed by atoms with E-state index in [0.717, 1.165) is 25.7 Å². The van der Waals surface area contributed by atoms with Crippen molar-refractivity contribution in [2.45, 2.75) is 72.1 Å². The van der Waals surface area contributed by atoms with Gasteiger partial charge in [-0.3, -0.25) is 0 Å². The third-order valence-electron chi connectivity index (χ3n) is 3.04. The number of halogens is 2.